The fourth-order valence-electron chi connectivity index (χ4n) is 5.15. The molecule has 4 aliphatic rings. The number of aliphatic hydroxyl groups excluding tert-OH is 1. The van der Waals surface area contributed by atoms with Crippen molar-refractivity contribution in [3.63, 3.8) is 0 Å². The lowest BCUT2D eigenvalue weighted by Gasteiger charge is -2.57. The first-order chi connectivity index (χ1) is 8.96. The SMILES string of the molecule is C[C@@H]1[C@H]2CC[C@@H](C)[C@H]3CC[C@@]4(C)O[C@H](O[C@@H]1O)[C@]23O4. The Bertz CT molecular complexity index is 400. The summed E-state index contributed by atoms with van der Waals surface area (Å²) in [7, 11) is 0. The predicted octanol–water partition coefficient (Wildman–Crippen LogP) is 2.26. The zero-order chi connectivity index (χ0) is 13.4. The first-order valence-corrected chi connectivity index (χ1v) is 7.68. The number of rotatable bonds is 0. The van der Waals surface area contributed by atoms with Gasteiger partial charge < -0.3 is 19.3 Å². The van der Waals surface area contributed by atoms with Crippen LogP contribution in [-0.2, 0) is 14.2 Å². The van der Waals surface area contributed by atoms with Crippen molar-refractivity contribution in [1.29, 1.82) is 0 Å². The maximum absolute atomic E-state index is 10.1. The molecule has 4 fully saturated rings. The molecule has 4 rings (SSSR count). The highest BCUT2D eigenvalue weighted by Crippen LogP contribution is 2.63. The van der Waals surface area contributed by atoms with E-state index in [0.717, 1.165) is 19.3 Å². The van der Waals surface area contributed by atoms with E-state index in [9.17, 15) is 5.11 Å². The molecular formula is C15H24O4. The zero-order valence-corrected chi connectivity index (χ0v) is 12.0. The quantitative estimate of drug-likeness (QED) is 0.732. The summed E-state index contributed by atoms with van der Waals surface area (Å²) in [5, 5.41) is 10.1. The van der Waals surface area contributed by atoms with Gasteiger partial charge in [-0.25, -0.2) is 0 Å². The summed E-state index contributed by atoms with van der Waals surface area (Å²) in [6, 6.07) is 0. The molecule has 1 aliphatic carbocycles. The van der Waals surface area contributed by atoms with Crippen molar-refractivity contribution in [2.75, 3.05) is 0 Å². The molecule has 4 heteroatoms. The molecule has 3 aliphatic heterocycles. The van der Waals surface area contributed by atoms with Gasteiger partial charge in [0.25, 0.3) is 0 Å². The lowest BCUT2D eigenvalue weighted by atomic mass is 9.57. The van der Waals surface area contributed by atoms with Crippen molar-refractivity contribution in [3.8, 4) is 0 Å². The summed E-state index contributed by atoms with van der Waals surface area (Å²) in [4.78, 5) is 0. The van der Waals surface area contributed by atoms with Crippen molar-refractivity contribution in [2.45, 2.75) is 70.4 Å². The summed E-state index contributed by atoms with van der Waals surface area (Å²) in [5.74, 6) is 1.11. The van der Waals surface area contributed by atoms with E-state index in [1.807, 2.05) is 6.92 Å². The van der Waals surface area contributed by atoms with Crippen LogP contribution in [0.2, 0.25) is 0 Å². The smallest absolute Gasteiger partial charge is 0.193 e. The fourth-order valence-corrected chi connectivity index (χ4v) is 5.15. The van der Waals surface area contributed by atoms with E-state index in [4.69, 9.17) is 14.2 Å². The maximum atomic E-state index is 10.1. The maximum Gasteiger partial charge on any atom is 0.193 e. The largest absolute Gasteiger partial charge is 0.368 e. The number of fused-ring (bicyclic) bond motifs is 1. The molecule has 0 unspecified atom stereocenters. The van der Waals surface area contributed by atoms with Crippen molar-refractivity contribution in [2.24, 2.45) is 23.7 Å². The van der Waals surface area contributed by atoms with E-state index in [1.54, 1.807) is 0 Å². The summed E-state index contributed by atoms with van der Waals surface area (Å²) in [5.41, 5.74) is -0.316. The Morgan fingerprint density at radius 1 is 1.11 bits per heavy atom. The summed E-state index contributed by atoms with van der Waals surface area (Å²) >= 11 is 0. The van der Waals surface area contributed by atoms with Crippen LogP contribution in [0, 0.1) is 23.7 Å². The Labute approximate surface area is 114 Å². The van der Waals surface area contributed by atoms with Crippen molar-refractivity contribution >= 4 is 0 Å². The second kappa shape index (κ2) is 3.73. The molecule has 1 saturated carbocycles. The van der Waals surface area contributed by atoms with Gasteiger partial charge in [0, 0.05) is 18.3 Å². The Hall–Kier alpha value is -0.160. The average molecular weight is 268 g/mol. The first kappa shape index (κ1) is 12.6. The van der Waals surface area contributed by atoms with Crippen LogP contribution in [0.25, 0.3) is 0 Å². The molecule has 0 aromatic heterocycles. The van der Waals surface area contributed by atoms with Gasteiger partial charge >= 0.3 is 0 Å². The highest BCUT2D eigenvalue weighted by atomic mass is 16.9. The molecule has 108 valence electrons. The Morgan fingerprint density at radius 3 is 2.68 bits per heavy atom. The number of ether oxygens (including phenoxy) is 3. The molecule has 0 amide bonds. The van der Waals surface area contributed by atoms with Gasteiger partial charge in [-0.05, 0) is 38.0 Å². The second-order valence-corrected chi connectivity index (χ2v) is 7.23. The Morgan fingerprint density at radius 2 is 1.89 bits per heavy atom. The van der Waals surface area contributed by atoms with Gasteiger partial charge in [-0.2, -0.15) is 0 Å². The topological polar surface area (TPSA) is 47.9 Å². The summed E-state index contributed by atoms with van der Waals surface area (Å²) < 4.78 is 18.3. The van der Waals surface area contributed by atoms with Crippen LogP contribution < -0.4 is 0 Å². The molecule has 3 saturated heterocycles. The van der Waals surface area contributed by atoms with E-state index in [1.165, 1.54) is 6.42 Å². The van der Waals surface area contributed by atoms with Gasteiger partial charge in [-0.1, -0.05) is 13.8 Å². The lowest BCUT2D eigenvalue weighted by Crippen LogP contribution is -2.66. The van der Waals surface area contributed by atoms with Gasteiger partial charge in [0.15, 0.2) is 18.4 Å². The van der Waals surface area contributed by atoms with Crippen molar-refractivity contribution in [1.82, 2.24) is 0 Å². The third kappa shape index (κ3) is 1.44. The minimum absolute atomic E-state index is 0.121. The third-order valence-electron chi connectivity index (χ3n) is 6.15. The van der Waals surface area contributed by atoms with Crippen LogP contribution in [0.1, 0.15) is 46.5 Å². The van der Waals surface area contributed by atoms with Gasteiger partial charge in [0.2, 0.25) is 0 Å². The molecule has 4 nitrogen and oxygen atoms in total. The standard InChI is InChI=1S/C15H24O4/c1-8-4-5-11-9(2)12(16)17-13-15(11)10(8)6-7-14(3,18-13)19-15/h8-13,16H,4-7H2,1-3H3/t8-,9-,10-,11-,12+,13+,14+,15-/m1/s1. The van der Waals surface area contributed by atoms with Crippen LogP contribution in [-0.4, -0.2) is 29.1 Å². The number of hydrogen-bond donors (Lipinski definition) is 1. The third-order valence-corrected chi connectivity index (χ3v) is 6.15. The van der Waals surface area contributed by atoms with Crippen LogP contribution >= 0.6 is 0 Å². The molecule has 0 radical (unpaired) electrons. The van der Waals surface area contributed by atoms with Gasteiger partial charge in [-0.3, -0.25) is 0 Å². The number of aliphatic hydroxyl groups is 1. The zero-order valence-electron chi connectivity index (χ0n) is 12.0. The summed E-state index contributed by atoms with van der Waals surface area (Å²) in [6.45, 7) is 6.43. The highest BCUT2D eigenvalue weighted by molar-refractivity contribution is 5.12. The first-order valence-electron chi connectivity index (χ1n) is 7.68. The lowest BCUT2D eigenvalue weighted by molar-refractivity contribution is -0.326. The number of hydrogen-bond acceptors (Lipinski definition) is 4. The molecule has 3 heterocycles. The average Bonchev–Trinajstić information content (AvgIpc) is 2.56. The minimum Gasteiger partial charge on any atom is -0.368 e. The Kier molecular flexibility index (Phi) is 2.47. The molecule has 0 aromatic carbocycles. The van der Waals surface area contributed by atoms with Crippen LogP contribution in [0.15, 0.2) is 0 Å². The van der Waals surface area contributed by atoms with Crippen LogP contribution in [0.5, 0.6) is 0 Å². The molecule has 1 N–H and O–H groups in total. The molecular weight excluding hydrogens is 244 g/mol. The molecule has 0 aromatic rings. The van der Waals surface area contributed by atoms with Gasteiger partial charge in [0.1, 0.15) is 5.60 Å². The normalized spacial score (nSPS) is 63.8. The van der Waals surface area contributed by atoms with Crippen LogP contribution in [0.4, 0.5) is 0 Å². The van der Waals surface area contributed by atoms with Gasteiger partial charge in [-0.15, -0.1) is 0 Å². The van der Waals surface area contributed by atoms with Crippen molar-refractivity contribution in [3.05, 3.63) is 0 Å². The predicted molar refractivity (Wildman–Crippen MR) is 68.0 cm³/mol. The van der Waals surface area contributed by atoms with Crippen LogP contribution in [0.3, 0.4) is 0 Å². The fraction of sp³-hybridized carbons (Fsp3) is 1.00. The van der Waals surface area contributed by atoms with E-state index < -0.39 is 12.1 Å². The monoisotopic (exact) mass is 268 g/mol. The van der Waals surface area contributed by atoms with Gasteiger partial charge in [0.05, 0.1) is 0 Å². The van der Waals surface area contributed by atoms with E-state index in [0.29, 0.717) is 17.8 Å². The molecule has 19 heavy (non-hydrogen) atoms. The second-order valence-electron chi connectivity index (χ2n) is 7.23. The van der Waals surface area contributed by atoms with E-state index in [2.05, 4.69) is 13.8 Å². The van der Waals surface area contributed by atoms with E-state index >= 15 is 0 Å². The Balaban J connectivity index is 1.81. The molecule has 1 spiro atoms. The van der Waals surface area contributed by atoms with Crippen molar-refractivity contribution < 1.29 is 19.3 Å². The minimum atomic E-state index is -0.721. The molecule has 2 bridgehead atoms. The molecule has 8 atom stereocenters. The van der Waals surface area contributed by atoms with E-state index in [-0.39, 0.29) is 17.8 Å². The summed E-state index contributed by atoms with van der Waals surface area (Å²) in [6.07, 6.45) is 3.30. The highest BCUT2D eigenvalue weighted by Gasteiger charge is 2.71.